The smallest absolute Gasteiger partial charge is 0.134 e. The molecule has 4 aromatic heterocycles. The van der Waals surface area contributed by atoms with E-state index >= 15 is 4.39 Å². The molecule has 3 N–H and O–H groups in total. The molecule has 0 unspecified atom stereocenters. The molecule has 5 heterocycles. The van der Waals surface area contributed by atoms with Crippen LogP contribution in [0.3, 0.4) is 0 Å². The third kappa shape index (κ3) is 5.15. The van der Waals surface area contributed by atoms with Crippen molar-refractivity contribution < 1.29 is 8.78 Å². The van der Waals surface area contributed by atoms with Crippen LogP contribution in [0, 0.1) is 53.2 Å². The summed E-state index contributed by atoms with van der Waals surface area (Å²) < 4.78 is 30.0. The number of aromatic amines is 3. The Morgan fingerprint density at radius 3 is 1.39 bits per heavy atom. The lowest BCUT2D eigenvalue weighted by atomic mass is 9.92. The van der Waals surface area contributed by atoms with Gasteiger partial charge >= 0.3 is 0 Å². The van der Waals surface area contributed by atoms with Crippen LogP contribution in [0.1, 0.15) is 44.8 Å². The van der Waals surface area contributed by atoms with Gasteiger partial charge in [-0.2, -0.15) is 0 Å². The highest BCUT2D eigenvalue weighted by Crippen LogP contribution is 2.39. The number of hydrogen-bond acceptors (Lipinski definition) is 1. The molecule has 0 saturated carbocycles. The monoisotopic (exact) mass is 646 g/mol. The second-order valence-corrected chi connectivity index (χ2v) is 13.4. The highest BCUT2D eigenvalue weighted by atomic mass is 19.1. The number of H-pyrrole nitrogens is 3. The maximum Gasteiger partial charge on any atom is 0.134 e. The van der Waals surface area contributed by atoms with Gasteiger partial charge in [-0.3, -0.25) is 0 Å². The fourth-order valence-corrected chi connectivity index (χ4v) is 7.81. The van der Waals surface area contributed by atoms with Crippen LogP contribution in [0.2, 0.25) is 0 Å². The Morgan fingerprint density at radius 2 is 0.857 bits per heavy atom. The highest BCUT2D eigenvalue weighted by Gasteiger charge is 2.19. The first-order valence-electron chi connectivity index (χ1n) is 16.5. The standard InChI is InChI=1S/C43H36F2N4/c1-22-17-24(3)39(25(4)18-22)42-35-11-9-31(46-35)32-10-12-36(47-32)43(40-26(5)19-23(2)20-27(40)6)38-16-14-34(49-38)41(33-13-15-37(42)48-33)29-8-7-28(44)21-30(29)45/h7-21,46,48-49H,1-6H3. The third-order valence-corrected chi connectivity index (χ3v) is 9.63. The normalized spacial score (nSPS) is 12.0. The summed E-state index contributed by atoms with van der Waals surface area (Å²) in [5.41, 5.74) is 18.6. The van der Waals surface area contributed by atoms with Crippen LogP contribution in [-0.4, -0.2) is 19.9 Å². The number of benzene rings is 3. The highest BCUT2D eigenvalue weighted by molar-refractivity contribution is 6.01. The largest absolute Gasteiger partial charge is 0.354 e. The maximum atomic E-state index is 15.8. The fourth-order valence-electron chi connectivity index (χ4n) is 7.81. The van der Waals surface area contributed by atoms with Crippen molar-refractivity contribution in [2.45, 2.75) is 41.5 Å². The van der Waals surface area contributed by atoms with Gasteiger partial charge in [-0.05, 0) is 136 Å². The summed E-state index contributed by atoms with van der Waals surface area (Å²) in [6.07, 6.45) is 4.12. The van der Waals surface area contributed by atoms with Crippen molar-refractivity contribution in [1.82, 2.24) is 19.9 Å². The molecule has 0 fully saturated rings. The van der Waals surface area contributed by atoms with Crippen LogP contribution in [0.25, 0.3) is 78.6 Å². The van der Waals surface area contributed by atoms with Gasteiger partial charge in [0.25, 0.3) is 0 Å². The lowest BCUT2D eigenvalue weighted by Gasteiger charge is -2.13. The summed E-state index contributed by atoms with van der Waals surface area (Å²) in [7, 11) is 0. The van der Waals surface area contributed by atoms with E-state index < -0.39 is 11.6 Å². The van der Waals surface area contributed by atoms with Crippen LogP contribution in [0.15, 0.2) is 78.9 Å². The van der Waals surface area contributed by atoms with Gasteiger partial charge in [-0.15, -0.1) is 0 Å². The molecule has 0 spiro atoms. The molecular formula is C43H36F2N4. The molecule has 0 radical (unpaired) electrons. The molecule has 7 aromatic rings. The summed E-state index contributed by atoms with van der Waals surface area (Å²) in [6, 6.07) is 24.7. The van der Waals surface area contributed by atoms with Gasteiger partial charge < -0.3 is 15.0 Å². The number of halogens is 2. The van der Waals surface area contributed by atoms with Crippen molar-refractivity contribution in [3.05, 3.63) is 135 Å². The average Bonchev–Trinajstić information content (AvgIpc) is 3.85. The lowest BCUT2D eigenvalue weighted by molar-refractivity contribution is 0.586. The first-order chi connectivity index (χ1) is 23.5. The first-order valence-corrected chi connectivity index (χ1v) is 16.5. The Morgan fingerprint density at radius 1 is 0.429 bits per heavy atom. The zero-order chi connectivity index (χ0) is 34.1. The van der Waals surface area contributed by atoms with Crippen LogP contribution < -0.4 is 0 Å². The van der Waals surface area contributed by atoms with Gasteiger partial charge in [-0.1, -0.05) is 35.4 Å². The van der Waals surface area contributed by atoms with Crippen LogP contribution >= 0.6 is 0 Å². The Hall–Kier alpha value is -5.75. The topological polar surface area (TPSA) is 60.3 Å². The molecule has 1 aliphatic rings. The van der Waals surface area contributed by atoms with Gasteiger partial charge in [0.05, 0.1) is 16.9 Å². The molecule has 242 valence electrons. The number of fused-ring (bicyclic) bond motifs is 9. The molecule has 3 aromatic carbocycles. The Labute approximate surface area is 283 Å². The molecule has 0 atom stereocenters. The molecule has 0 saturated heterocycles. The maximum absolute atomic E-state index is 15.8. The van der Waals surface area contributed by atoms with Gasteiger partial charge in [0.2, 0.25) is 0 Å². The van der Waals surface area contributed by atoms with E-state index in [0.717, 1.165) is 84.0 Å². The zero-order valence-corrected chi connectivity index (χ0v) is 28.4. The Balaban J connectivity index is 1.60. The average molecular weight is 647 g/mol. The van der Waals surface area contributed by atoms with Crippen LogP contribution in [0.5, 0.6) is 0 Å². The van der Waals surface area contributed by atoms with Gasteiger partial charge in [-0.25, -0.2) is 13.8 Å². The summed E-state index contributed by atoms with van der Waals surface area (Å²) in [4.78, 5) is 16.2. The zero-order valence-electron chi connectivity index (χ0n) is 28.4. The van der Waals surface area contributed by atoms with Crippen molar-refractivity contribution in [1.29, 1.82) is 0 Å². The van der Waals surface area contributed by atoms with E-state index in [2.05, 4.69) is 105 Å². The van der Waals surface area contributed by atoms with Crippen LogP contribution in [-0.2, 0) is 0 Å². The molecule has 0 aliphatic carbocycles. The summed E-state index contributed by atoms with van der Waals surface area (Å²) in [5.74, 6) is -1.26. The van der Waals surface area contributed by atoms with Crippen molar-refractivity contribution in [3.8, 4) is 33.4 Å². The third-order valence-electron chi connectivity index (χ3n) is 9.63. The van der Waals surface area contributed by atoms with Crippen molar-refractivity contribution in [3.63, 3.8) is 0 Å². The van der Waals surface area contributed by atoms with Gasteiger partial charge in [0.1, 0.15) is 11.6 Å². The predicted octanol–water partition coefficient (Wildman–Crippen LogP) is 11.8. The number of rotatable bonds is 3. The minimum absolute atomic E-state index is 0.289. The van der Waals surface area contributed by atoms with Gasteiger partial charge in [0, 0.05) is 55.9 Å². The molecule has 6 heteroatoms. The molecule has 49 heavy (non-hydrogen) atoms. The second kappa shape index (κ2) is 11.4. The molecular weight excluding hydrogens is 610 g/mol. The van der Waals surface area contributed by atoms with Crippen LogP contribution in [0.4, 0.5) is 8.78 Å². The van der Waals surface area contributed by atoms with E-state index in [-0.39, 0.29) is 5.56 Å². The number of nitrogens with zero attached hydrogens (tertiary/aromatic N) is 1. The summed E-state index contributed by atoms with van der Waals surface area (Å²) in [5, 5.41) is 0. The second-order valence-electron chi connectivity index (χ2n) is 13.4. The summed E-state index contributed by atoms with van der Waals surface area (Å²) in [6.45, 7) is 12.7. The van der Waals surface area contributed by atoms with E-state index in [1.165, 1.54) is 23.3 Å². The van der Waals surface area contributed by atoms with E-state index in [0.29, 0.717) is 16.6 Å². The number of aryl methyl sites for hydroxylation is 6. The minimum atomic E-state index is -0.638. The fraction of sp³-hybridized carbons (Fsp3) is 0.140. The van der Waals surface area contributed by atoms with Crippen molar-refractivity contribution >= 4 is 45.3 Å². The summed E-state index contributed by atoms with van der Waals surface area (Å²) >= 11 is 0. The van der Waals surface area contributed by atoms with Crippen molar-refractivity contribution in [2.75, 3.05) is 0 Å². The Bertz CT molecular complexity index is 2600. The van der Waals surface area contributed by atoms with E-state index in [1.54, 1.807) is 0 Å². The van der Waals surface area contributed by atoms with E-state index in [9.17, 15) is 4.39 Å². The van der Waals surface area contributed by atoms with E-state index in [4.69, 9.17) is 4.98 Å². The lowest BCUT2D eigenvalue weighted by Crippen LogP contribution is -1.93. The van der Waals surface area contributed by atoms with E-state index in [1.807, 2.05) is 24.3 Å². The number of nitrogens with one attached hydrogen (secondary N) is 3. The predicted molar refractivity (Wildman–Crippen MR) is 200 cm³/mol. The Kier molecular flexibility index (Phi) is 7.14. The SMILES string of the molecule is Cc1cc(C)c(-c2c3nc(c4ccc([nH]4)c(-c4c(C)cc(C)cc4C)c4ccc([nH]4)c(-c4ccc(F)cc4F)c4ccc2[nH]4)C=C3)c(C)c1. The molecule has 8 rings (SSSR count). The minimum Gasteiger partial charge on any atom is -0.354 e. The molecule has 1 aliphatic heterocycles. The number of aromatic nitrogens is 4. The van der Waals surface area contributed by atoms with Gasteiger partial charge in [0.15, 0.2) is 0 Å². The molecule has 8 bridgehead atoms. The number of hydrogen-bond donors (Lipinski definition) is 3. The molecule has 4 nitrogen and oxygen atoms in total. The quantitative estimate of drug-likeness (QED) is 0.176. The van der Waals surface area contributed by atoms with Crippen molar-refractivity contribution in [2.24, 2.45) is 0 Å². The first kappa shape index (κ1) is 30.6. The molecule has 0 amide bonds.